The van der Waals surface area contributed by atoms with Gasteiger partial charge in [0.05, 0.1) is 4.92 Å². The van der Waals surface area contributed by atoms with Crippen LogP contribution in [0.2, 0.25) is 0 Å². The molecule has 0 saturated heterocycles. The Morgan fingerprint density at radius 2 is 2.11 bits per heavy atom. The van der Waals surface area contributed by atoms with Crippen LogP contribution in [-0.2, 0) is 0 Å². The van der Waals surface area contributed by atoms with Crippen LogP contribution in [0.4, 0.5) is 20.2 Å². The Morgan fingerprint density at radius 1 is 1.44 bits per heavy atom. The van der Waals surface area contributed by atoms with Crippen molar-refractivity contribution in [2.24, 2.45) is 0 Å². The van der Waals surface area contributed by atoms with E-state index in [9.17, 15) is 18.9 Å². The molecular formula is C12H14F2N2O2. The third-order valence-corrected chi connectivity index (χ3v) is 3.37. The number of benzene rings is 1. The molecular weight excluding hydrogens is 242 g/mol. The van der Waals surface area contributed by atoms with Gasteiger partial charge in [0.1, 0.15) is 0 Å². The zero-order chi connectivity index (χ0) is 13.3. The minimum absolute atomic E-state index is 0.167. The molecule has 1 N–H and O–H groups in total. The Labute approximate surface area is 103 Å². The number of hydrogen-bond donors (Lipinski definition) is 1. The van der Waals surface area contributed by atoms with E-state index in [4.69, 9.17) is 0 Å². The topological polar surface area (TPSA) is 55.2 Å². The van der Waals surface area contributed by atoms with E-state index in [2.05, 4.69) is 5.32 Å². The summed E-state index contributed by atoms with van der Waals surface area (Å²) >= 11 is 0. The third-order valence-electron chi connectivity index (χ3n) is 3.37. The van der Waals surface area contributed by atoms with E-state index in [1.165, 1.54) is 12.1 Å². The fourth-order valence-corrected chi connectivity index (χ4v) is 2.12. The molecule has 0 spiro atoms. The molecule has 4 nitrogen and oxygen atoms in total. The molecule has 6 heteroatoms. The fourth-order valence-electron chi connectivity index (χ4n) is 2.12. The van der Waals surface area contributed by atoms with Crippen LogP contribution in [-0.4, -0.2) is 10.5 Å². The number of hydrogen-bond acceptors (Lipinski definition) is 3. The number of rotatable bonds is 4. The lowest BCUT2D eigenvalue weighted by Gasteiger charge is -2.40. The number of alkyl halides is 2. The maximum Gasteiger partial charge on any atom is 0.270 e. The lowest BCUT2D eigenvalue weighted by Crippen LogP contribution is -2.41. The molecule has 0 heterocycles. The lowest BCUT2D eigenvalue weighted by atomic mass is 9.78. The molecule has 1 saturated carbocycles. The molecule has 0 radical (unpaired) electrons. The van der Waals surface area contributed by atoms with Gasteiger partial charge in [-0.2, -0.15) is 0 Å². The fraction of sp³-hybridized carbons (Fsp3) is 0.500. The van der Waals surface area contributed by atoms with Gasteiger partial charge in [-0.3, -0.25) is 10.1 Å². The van der Waals surface area contributed by atoms with Gasteiger partial charge in [-0.15, -0.1) is 0 Å². The minimum Gasteiger partial charge on any atom is -0.379 e. The number of nitro benzene ring substituents is 1. The smallest absolute Gasteiger partial charge is 0.270 e. The molecule has 18 heavy (non-hydrogen) atoms. The zero-order valence-corrected chi connectivity index (χ0v) is 9.95. The van der Waals surface area contributed by atoms with Crippen molar-refractivity contribution in [3.05, 3.63) is 33.9 Å². The first kappa shape index (κ1) is 12.7. The number of nitrogens with zero attached hydrogens (tertiary/aromatic N) is 1. The Kier molecular flexibility index (Phi) is 3.19. The SMILES string of the molecule is CC1(Nc2ccc([N+](=O)[O-])cc2C(F)F)CCC1. The largest absolute Gasteiger partial charge is 0.379 e. The van der Waals surface area contributed by atoms with Crippen molar-refractivity contribution in [3.8, 4) is 0 Å². The van der Waals surface area contributed by atoms with Crippen molar-refractivity contribution in [1.29, 1.82) is 0 Å². The van der Waals surface area contributed by atoms with E-state index in [0.717, 1.165) is 25.3 Å². The third kappa shape index (κ3) is 2.42. The molecule has 1 aliphatic rings. The second-order valence-corrected chi connectivity index (χ2v) is 4.87. The Morgan fingerprint density at radius 3 is 2.56 bits per heavy atom. The average molecular weight is 256 g/mol. The molecule has 1 fully saturated rings. The van der Waals surface area contributed by atoms with E-state index in [1.807, 2.05) is 6.92 Å². The number of non-ortho nitro benzene ring substituents is 1. The summed E-state index contributed by atoms with van der Waals surface area (Å²) in [6.45, 7) is 1.97. The first-order valence-electron chi connectivity index (χ1n) is 5.76. The van der Waals surface area contributed by atoms with Crippen LogP contribution >= 0.6 is 0 Å². The summed E-state index contributed by atoms with van der Waals surface area (Å²) in [7, 11) is 0. The summed E-state index contributed by atoms with van der Waals surface area (Å²) in [5, 5.41) is 13.6. The highest BCUT2D eigenvalue weighted by atomic mass is 19.3. The van der Waals surface area contributed by atoms with Gasteiger partial charge < -0.3 is 5.32 Å². The molecule has 0 bridgehead atoms. The normalized spacial score (nSPS) is 17.3. The quantitative estimate of drug-likeness (QED) is 0.656. The van der Waals surface area contributed by atoms with Crippen molar-refractivity contribution < 1.29 is 13.7 Å². The first-order valence-corrected chi connectivity index (χ1v) is 5.76. The van der Waals surface area contributed by atoms with Gasteiger partial charge in [0, 0.05) is 28.9 Å². The molecule has 0 unspecified atom stereocenters. The average Bonchev–Trinajstić information content (AvgIpc) is 2.26. The summed E-state index contributed by atoms with van der Waals surface area (Å²) in [4.78, 5) is 9.91. The van der Waals surface area contributed by atoms with Gasteiger partial charge in [-0.25, -0.2) is 8.78 Å². The Hall–Kier alpha value is -1.72. The molecule has 0 amide bonds. The summed E-state index contributed by atoms with van der Waals surface area (Å²) < 4.78 is 25.8. The van der Waals surface area contributed by atoms with Crippen LogP contribution in [0.3, 0.4) is 0 Å². The van der Waals surface area contributed by atoms with Crippen LogP contribution in [0.15, 0.2) is 18.2 Å². The van der Waals surface area contributed by atoms with Crippen molar-refractivity contribution in [2.45, 2.75) is 38.2 Å². The van der Waals surface area contributed by atoms with Gasteiger partial charge in [-0.1, -0.05) is 0 Å². The highest BCUT2D eigenvalue weighted by molar-refractivity contribution is 5.58. The maximum atomic E-state index is 12.9. The van der Waals surface area contributed by atoms with E-state index < -0.39 is 11.3 Å². The van der Waals surface area contributed by atoms with E-state index in [-0.39, 0.29) is 22.5 Å². The number of nitro groups is 1. The van der Waals surface area contributed by atoms with Gasteiger partial charge in [0.2, 0.25) is 0 Å². The standard InChI is InChI=1S/C12H14F2N2O2/c1-12(5-2-6-12)15-10-4-3-8(16(17)18)7-9(10)11(13)14/h3-4,7,11,15H,2,5-6H2,1H3. The van der Waals surface area contributed by atoms with Crippen LogP contribution in [0, 0.1) is 10.1 Å². The number of anilines is 1. The van der Waals surface area contributed by atoms with Crippen LogP contribution in [0.25, 0.3) is 0 Å². The molecule has 1 aliphatic carbocycles. The summed E-state index contributed by atoms with van der Waals surface area (Å²) in [5.41, 5.74) is -0.496. The van der Waals surface area contributed by atoms with Crippen LogP contribution in [0.5, 0.6) is 0 Å². The van der Waals surface area contributed by atoms with Gasteiger partial charge in [0.15, 0.2) is 0 Å². The molecule has 0 aliphatic heterocycles. The second kappa shape index (κ2) is 4.51. The summed E-state index contributed by atoms with van der Waals surface area (Å²) in [6, 6.07) is 3.55. The van der Waals surface area contributed by atoms with Crippen molar-refractivity contribution in [3.63, 3.8) is 0 Å². The monoisotopic (exact) mass is 256 g/mol. The van der Waals surface area contributed by atoms with Crippen molar-refractivity contribution in [1.82, 2.24) is 0 Å². The van der Waals surface area contributed by atoms with Crippen LogP contribution in [0.1, 0.15) is 38.2 Å². The number of nitrogens with one attached hydrogen (secondary N) is 1. The van der Waals surface area contributed by atoms with Gasteiger partial charge >= 0.3 is 0 Å². The highest BCUT2D eigenvalue weighted by Crippen LogP contribution is 2.38. The second-order valence-electron chi connectivity index (χ2n) is 4.87. The summed E-state index contributed by atoms with van der Waals surface area (Å²) in [5.74, 6) is 0. The molecule has 0 aromatic heterocycles. The lowest BCUT2D eigenvalue weighted by molar-refractivity contribution is -0.385. The Bertz CT molecular complexity index is 473. The van der Waals surface area contributed by atoms with Crippen LogP contribution < -0.4 is 5.32 Å². The van der Waals surface area contributed by atoms with E-state index in [1.54, 1.807) is 0 Å². The minimum atomic E-state index is -2.73. The molecule has 1 aromatic rings. The van der Waals surface area contributed by atoms with Crippen molar-refractivity contribution in [2.75, 3.05) is 5.32 Å². The zero-order valence-electron chi connectivity index (χ0n) is 9.95. The first-order chi connectivity index (χ1) is 8.41. The molecule has 1 aromatic carbocycles. The summed E-state index contributed by atoms with van der Waals surface area (Å²) in [6.07, 6.45) is 0.191. The highest BCUT2D eigenvalue weighted by Gasteiger charge is 2.32. The van der Waals surface area contributed by atoms with Gasteiger partial charge in [-0.05, 0) is 32.3 Å². The Balaban J connectivity index is 2.31. The van der Waals surface area contributed by atoms with Crippen molar-refractivity contribution >= 4 is 11.4 Å². The van der Waals surface area contributed by atoms with E-state index in [0.29, 0.717) is 0 Å². The maximum absolute atomic E-state index is 12.9. The molecule has 2 rings (SSSR count). The predicted molar refractivity (Wildman–Crippen MR) is 63.9 cm³/mol. The molecule has 0 atom stereocenters. The molecule has 98 valence electrons. The van der Waals surface area contributed by atoms with Gasteiger partial charge in [0.25, 0.3) is 12.1 Å². The number of halogens is 2. The van der Waals surface area contributed by atoms with E-state index >= 15 is 0 Å². The predicted octanol–water partition coefficient (Wildman–Crippen LogP) is 3.89.